The molecule has 0 fully saturated rings. The average Bonchev–Trinajstić information content (AvgIpc) is 2.39. The number of carbonyl (C=O) groups excluding carboxylic acids is 1. The quantitative estimate of drug-likeness (QED) is 0.805. The molecular weight excluding hydrogens is 236 g/mol. The van der Waals surface area contributed by atoms with Crippen LogP contribution >= 0.6 is 0 Å². The molecule has 1 amide bonds. The van der Waals surface area contributed by atoms with E-state index < -0.39 is 5.41 Å². The normalized spacial score (nSPS) is 19.2. The molecule has 0 saturated heterocycles. The first-order valence-electron chi connectivity index (χ1n) is 6.76. The van der Waals surface area contributed by atoms with Crippen molar-refractivity contribution in [1.82, 2.24) is 5.32 Å². The van der Waals surface area contributed by atoms with Gasteiger partial charge < -0.3 is 5.32 Å². The lowest BCUT2D eigenvalue weighted by Crippen LogP contribution is -2.56. The average molecular weight is 256 g/mol. The summed E-state index contributed by atoms with van der Waals surface area (Å²) in [5.41, 5.74) is 1.89. The minimum Gasteiger partial charge on any atom is -0.346 e. The molecule has 1 aromatic rings. The van der Waals surface area contributed by atoms with Crippen molar-refractivity contribution in [3.63, 3.8) is 0 Å². The van der Waals surface area contributed by atoms with Crippen molar-refractivity contribution in [1.29, 1.82) is 0 Å². The fraction of sp³-hybridized carbons (Fsp3) is 0.500. The second kappa shape index (κ2) is 4.38. The van der Waals surface area contributed by atoms with Crippen LogP contribution in [0.2, 0.25) is 0 Å². The van der Waals surface area contributed by atoms with Crippen LogP contribution in [0.25, 0.3) is 4.85 Å². The summed E-state index contributed by atoms with van der Waals surface area (Å²) in [7, 11) is 0. The van der Waals surface area contributed by atoms with Crippen LogP contribution in [0.5, 0.6) is 0 Å². The fourth-order valence-electron chi connectivity index (χ4n) is 3.09. The number of rotatable bonds is 2. The SMILES string of the molecule is [C-]#[N+]c1ccc2c(c1)C(CC)(CC)C(=O)NC2(C)C. The summed E-state index contributed by atoms with van der Waals surface area (Å²) in [5, 5.41) is 3.13. The summed E-state index contributed by atoms with van der Waals surface area (Å²) in [5.74, 6) is 0.0807. The Morgan fingerprint density at radius 3 is 2.37 bits per heavy atom. The first kappa shape index (κ1) is 13.6. The van der Waals surface area contributed by atoms with Gasteiger partial charge in [-0.1, -0.05) is 32.0 Å². The zero-order valence-corrected chi connectivity index (χ0v) is 12.0. The van der Waals surface area contributed by atoms with Gasteiger partial charge in [-0.3, -0.25) is 4.79 Å². The number of benzene rings is 1. The number of hydrogen-bond donors (Lipinski definition) is 1. The third kappa shape index (κ3) is 1.83. The maximum absolute atomic E-state index is 12.6. The van der Waals surface area contributed by atoms with Gasteiger partial charge in [-0.2, -0.15) is 0 Å². The van der Waals surface area contributed by atoms with E-state index in [1.165, 1.54) is 0 Å². The molecule has 2 rings (SSSR count). The topological polar surface area (TPSA) is 33.5 Å². The van der Waals surface area contributed by atoms with E-state index in [2.05, 4.69) is 10.2 Å². The standard InChI is InChI=1S/C16H20N2O/c1-6-16(7-2)13-10-11(17-5)8-9-12(13)15(3,4)18-14(16)19/h8-10H,6-7H2,1-4H3,(H,18,19). The van der Waals surface area contributed by atoms with Gasteiger partial charge in [-0.25, -0.2) is 4.85 Å². The van der Waals surface area contributed by atoms with Crippen molar-refractivity contribution < 1.29 is 4.79 Å². The van der Waals surface area contributed by atoms with Crippen LogP contribution in [0.3, 0.4) is 0 Å². The van der Waals surface area contributed by atoms with Crippen molar-refractivity contribution in [2.45, 2.75) is 51.5 Å². The molecule has 1 aliphatic rings. The Kier molecular flexibility index (Phi) is 3.14. The van der Waals surface area contributed by atoms with Gasteiger partial charge >= 0.3 is 0 Å². The van der Waals surface area contributed by atoms with E-state index in [-0.39, 0.29) is 11.4 Å². The molecular formula is C16H20N2O. The van der Waals surface area contributed by atoms with E-state index in [1.54, 1.807) is 0 Å². The summed E-state index contributed by atoms with van der Waals surface area (Å²) in [6, 6.07) is 5.72. The van der Waals surface area contributed by atoms with Gasteiger partial charge in [0.1, 0.15) is 0 Å². The summed E-state index contributed by atoms with van der Waals surface area (Å²) in [4.78, 5) is 16.1. The number of amides is 1. The van der Waals surface area contributed by atoms with Crippen molar-refractivity contribution >= 4 is 11.6 Å². The molecule has 1 N–H and O–H groups in total. The number of carbonyl (C=O) groups is 1. The Balaban J connectivity index is 2.77. The lowest BCUT2D eigenvalue weighted by Gasteiger charge is -2.44. The van der Waals surface area contributed by atoms with Crippen molar-refractivity contribution in [2.75, 3.05) is 0 Å². The van der Waals surface area contributed by atoms with Crippen LogP contribution in [0.1, 0.15) is 51.7 Å². The molecule has 3 heteroatoms. The van der Waals surface area contributed by atoms with Crippen LogP contribution in [-0.4, -0.2) is 5.91 Å². The second-order valence-electron chi connectivity index (χ2n) is 5.71. The maximum atomic E-state index is 12.6. The van der Waals surface area contributed by atoms with Crippen molar-refractivity contribution in [3.8, 4) is 0 Å². The van der Waals surface area contributed by atoms with Crippen molar-refractivity contribution in [3.05, 3.63) is 40.7 Å². The highest BCUT2D eigenvalue weighted by Gasteiger charge is 2.46. The third-order valence-electron chi connectivity index (χ3n) is 4.39. The molecule has 1 aliphatic heterocycles. The van der Waals surface area contributed by atoms with E-state index in [0.717, 1.165) is 24.0 Å². The molecule has 0 unspecified atom stereocenters. The van der Waals surface area contributed by atoms with Gasteiger partial charge in [0.05, 0.1) is 17.5 Å². The predicted molar refractivity (Wildman–Crippen MR) is 76.1 cm³/mol. The van der Waals surface area contributed by atoms with Gasteiger partial charge in [-0.05, 0) is 37.8 Å². The molecule has 0 aliphatic carbocycles. The molecule has 1 aromatic carbocycles. The zero-order chi connectivity index (χ0) is 14.3. The monoisotopic (exact) mass is 256 g/mol. The lowest BCUT2D eigenvalue weighted by atomic mass is 9.67. The molecule has 0 atom stereocenters. The Labute approximate surface area is 114 Å². The molecule has 0 aromatic heterocycles. The van der Waals surface area contributed by atoms with Gasteiger partial charge in [0.2, 0.25) is 5.91 Å². The van der Waals surface area contributed by atoms with Crippen LogP contribution < -0.4 is 5.32 Å². The van der Waals surface area contributed by atoms with E-state index >= 15 is 0 Å². The highest BCUT2D eigenvalue weighted by Crippen LogP contribution is 2.43. The van der Waals surface area contributed by atoms with Crippen molar-refractivity contribution in [2.24, 2.45) is 0 Å². The Bertz CT molecular complexity index is 563. The van der Waals surface area contributed by atoms with E-state index in [0.29, 0.717) is 5.69 Å². The predicted octanol–water partition coefficient (Wildman–Crippen LogP) is 3.66. The molecule has 19 heavy (non-hydrogen) atoms. The second-order valence-corrected chi connectivity index (χ2v) is 5.71. The number of nitrogens with one attached hydrogen (secondary N) is 1. The van der Waals surface area contributed by atoms with Crippen LogP contribution in [-0.2, 0) is 15.7 Å². The van der Waals surface area contributed by atoms with E-state index in [4.69, 9.17) is 6.57 Å². The summed E-state index contributed by atoms with van der Waals surface area (Å²) >= 11 is 0. The minimum atomic E-state index is -0.494. The molecule has 1 heterocycles. The molecule has 100 valence electrons. The van der Waals surface area contributed by atoms with Crippen LogP contribution in [0, 0.1) is 6.57 Å². The minimum absolute atomic E-state index is 0.0807. The Morgan fingerprint density at radius 2 is 1.84 bits per heavy atom. The van der Waals surface area contributed by atoms with Crippen LogP contribution in [0.15, 0.2) is 18.2 Å². The first-order valence-corrected chi connectivity index (χ1v) is 6.76. The summed E-state index contributed by atoms with van der Waals surface area (Å²) < 4.78 is 0. The first-order chi connectivity index (χ1) is 8.91. The fourth-order valence-corrected chi connectivity index (χ4v) is 3.09. The highest BCUT2D eigenvalue weighted by molar-refractivity contribution is 5.91. The highest BCUT2D eigenvalue weighted by atomic mass is 16.2. The summed E-state index contributed by atoms with van der Waals surface area (Å²) in [6.45, 7) is 15.3. The van der Waals surface area contributed by atoms with Gasteiger partial charge in [-0.15, -0.1) is 0 Å². The smallest absolute Gasteiger partial charge is 0.231 e. The van der Waals surface area contributed by atoms with Crippen LogP contribution in [0.4, 0.5) is 5.69 Å². The Hall–Kier alpha value is -1.82. The third-order valence-corrected chi connectivity index (χ3v) is 4.39. The van der Waals surface area contributed by atoms with Gasteiger partial charge in [0.25, 0.3) is 0 Å². The lowest BCUT2D eigenvalue weighted by molar-refractivity contribution is -0.130. The molecule has 3 nitrogen and oxygen atoms in total. The molecule has 0 radical (unpaired) electrons. The molecule has 0 saturated carbocycles. The zero-order valence-electron chi connectivity index (χ0n) is 12.0. The largest absolute Gasteiger partial charge is 0.346 e. The number of nitrogens with zero attached hydrogens (tertiary/aromatic N) is 1. The molecule has 0 bridgehead atoms. The van der Waals surface area contributed by atoms with Gasteiger partial charge in [0.15, 0.2) is 5.69 Å². The maximum Gasteiger partial charge on any atom is 0.231 e. The van der Waals surface area contributed by atoms with E-state index in [9.17, 15) is 4.79 Å². The number of hydrogen-bond acceptors (Lipinski definition) is 1. The van der Waals surface area contributed by atoms with E-state index in [1.807, 2.05) is 45.9 Å². The summed E-state index contributed by atoms with van der Waals surface area (Å²) in [6.07, 6.45) is 1.50. The number of fused-ring (bicyclic) bond motifs is 1. The van der Waals surface area contributed by atoms with Gasteiger partial charge in [0, 0.05) is 0 Å². The Morgan fingerprint density at radius 1 is 1.21 bits per heavy atom. The molecule has 0 spiro atoms.